The number of carbonyl (C=O) groups is 3. The van der Waals surface area contributed by atoms with E-state index in [0.29, 0.717) is 11.3 Å². The van der Waals surface area contributed by atoms with E-state index in [0.717, 1.165) is 47.9 Å². The first kappa shape index (κ1) is 27.8. The molecule has 0 saturated carbocycles. The number of aliphatic carboxylic acids is 1. The Balaban J connectivity index is 1.28. The van der Waals surface area contributed by atoms with Gasteiger partial charge in [0.05, 0.1) is 5.69 Å². The van der Waals surface area contributed by atoms with Crippen LogP contribution in [0.4, 0.5) is 5.13 Å². The molecule has 4 heterocycles. The van der Waals surface area contributed by atoms with E-state index in [1.807, 2.05) is 6.07 Å². The highest BCUT2D eigenvalue weighted by Crippen LogP contribution is 2.41. The number of nitrogen functional groups attached to an aromatic ring is 1. The molecule has 1 saturated heterocycles. The lowest BCUT2D eigenvalue weighted by atomic mass is 9.97. The van der Waals surface area contributed by atoms with Crippen LogP contribution in [-0.2, 0) is 32.1 Å². The van der Waals surface area contributed by atoms with Crippen molar-refractivity contribution in [2.75, 3.05) is 18.1 Å². The molecular weight excluding hydrogens is 577 g/mol. The number of nitrogens with one attached hydrogen (secondary N) is 1. The molecule has 4 N–H and O–H groups in total. The van der Waals surface area contributed by atoms with Crippen molar-refractivity contribution in [3.63, 3.8) is 0 Å². The van der Waals surface area contributed by atoms with Crippen molar-refractivity contribution >= 4 is 63.7 Å². The van der Waals surface area contributed by atoms with Crippen LogP contribution in [0, 0.1) is 0 Å². The van der Waals surface area contributed by atoms with Gasteiger partial charge in [-0.15, -0.1) is 16.9 Å². The van der Waals surface area contributed by atoms with Crippen LogP contribution in [0.25, 0.3) is 0 Å². The van der Waals surface area contributed by atoms with Gasteiger partial charge in [-0.05, 0) is 54.4 Å². The molecule has 16 heteroatoms. The first-order chi connectivity index (χ1) is 19.4. The summed E-state index contributed by atoms with van der Waals surface area (Å²) < 4.78 is 3.99. The SMILES string of the molecule is C=CCO/N=C(/C(=O)NC1C(=O)N2C(C(=O)O)=C(/C=C/Sc3cc4c(nn3)CCCC4)CSC12)c1nsc(N)n1. The lowest BCUT2D eigenvalue weighted by molar-refractivity contribution is -0.150. The zero-order valence-corrected chi connectivity index (χ0v) is 23.4. The van der Waals surface area contributed by atoms with E-state index < -0.39 is 29.2 Å². The molecule has 208 valence electrons. The fraction of sp³-hybridized carbons (Fsp3) is 0.333. The Morgan fingerprint density at radius 2 is 2.17 bits per heavy atom. The summed E-state index contributed by atoms with van der Waals surface area (Å²) in [6.07, 6.45) is 7.29. The smallest absolute Gasteiger partial charge is 0.352 e. The fourth-order valence-corrected chi connectivity index (χ4v) is 6.79. The highest BCUT2D eigenvalue weighted by atomic mass is 32.2. The number of hydrogen-bond donors (Lipinski definition) is 3. The normalized spacial score (nSPS) is 20.6. The van der Waals surface area contributed by atoms with E-state index in [1.54, 1.807) is 11.5 Å². The van der Waals surface area contributed by atoms with E-state index in [9.17, 15) is 19.5 Å². The van der Waals surface area contributed by atoms with Gasteiger partial charge in [0.2, 0.25) is 11.5 Å². The molecule has 40 heavy (non-hydrogen) atoms. The number of β-lactam (4-membered cyclic amide) rings is 1. The molecule has 2 amide bonds. The first-order valence-electron chi connectivity index (χ1n) is 12.2. The summed E-state index contributed by atoms with van der Waals surface area (Å²) in [5, 5.41) is 26.9. The Bertz CT molecular complexity index is 1460. The molecule has 1 fully saturated rings. The largest absolute Gasteiger partial charge is 0.477 e. The molecule has 13 nitrogen and oxygen atoms in total. The van der Waals surface area contributed by atoms with E-state index in [1.165, 1.54) is 40.1 Å². The summed E-state index contributed by atoms with van der Waals surface area (Å²) in [5.41, 5.74) is 7.97. The Morgan fingerprint density at radius 3 is 2.92 bits per heavy atom. The molecule has 2 aromatic rings. The third-order valence-electron chi connectivity index (χ3n) is 6.21. The number of aromatic nitrogens is 4. The van der Waals surface area contributed by atoms with Crippen LogP contribution in [0.3, 0.4) is 0 Å². The maximum Gasteiger partial charge on any atom is 0.352 e. The average molecular weight is 601 g/mol. The number of carboxylic acids is 1. The van der Waals surface area contributed by atoms with Crippen molar-refractivity contribution in [3.05, 3.63) is 58.6 Å². The second-order valence-electron chi connectivity index (χ2n) is 8.80. The highest BCUT2D eigenvalue weighted by Gasteiger charge is 2.54. The van der Waals surface area contributed by atoms with Crippen LogP contribution in [0.5, 0.6) is 0 Å². The number of nitrogens with zero attached hydrogens (tertiary/aromatic N) is 6. The van der Waals surface area contributed by atoms with Gasteiger partial charge in [0, 0.05) is 17.3 Å². The second kappa shape index (κ2) is 12.2. The van der Waals surface area contributed by atoms with Crippen molar-refractivity contribution in [2.45, 2.75) is 42.1 Å². The number of hydrogen-bond acceptors (Lipinski definition) is 13. The van der Waals surface area contributed by atoms with Crippen molar-refractivity contribution in [2.24, 2.45) is 5.16 Å². The van der Waals surface area contributed by atoms with E-state index in [4.69, 9.17) is 10.6 Å². The molecule has 2 aliphatic heterocycles. The molecule has 2 atom stereocenters. The number of thioether (sulfide) groups is 2. The summed E-state index contributed by atoms with van der Waals surface area (Å²) in [6, 6.07) is 1.05. The molecule has 3 aliphatic rings. The van der Waals surface area contributed by atoms with Gasteiger partial charge in [-0.25, -0.2) is 4.79 Å². The van der Waals surface area contributed by atoms with Crippen LogP contribution in [0.1, 0.15) is 29.9 Å². The van der Waals surface area contributed by atoms with Gasteiger partial charge < -0.3 is 21.0 Å². The van der Waals surface area contributed by atoms with Gasteiger partial charge in [0.25, 0.3) is 11.8 Å². The van der Waals surface area contributed by atoms with Gasteiger partial charge in [0.15, 0.2) is 5.13 Å². The van der Waals surface area contributed by atoms with Crippen LogP contribution >= 0.6 is 35.1 Å². The van der Waals surface area contributed by atoms with Crippen molar-refractivity contribution in [1.29, 1.82) is 0 Å². The number of amides is 2. The van der Waals surface area contributed by atoms with Crippen molar-refractivity contribution < 1.29 is 24.3 Å². The first-order valence-corrected chi connectivity index (χ1v) is 14.9. The zero-order chi connectivity index (χ0) is 28.2. The molecular formula is C24H24N8O5S3. The van der Waals surface area contributed by atoms with Crippen LogP contribution in [0.15, 0.2) is 51.7 Å². The number of carboxylic acid groups (broad SMARTS) is 1. The molecule has 0 radical (unpaired) electrons. The minimum atomic E-state index is -1.23. The van der Waals surface area contributed by atoms with Gasteiger partial charge in [0.1, 0.15) is 28.7 Å². The third-order valence-corrected chi connectivity index (χ3v) is 8.77. The number of fused-ring (bicyclic) bond motifs is 2. The molecule has 1 aliphatic carbocycles. The predicted molar refractivity (Wildman–Crippen MR) is 150 cm³/mol. The minimum Gasteiger partial charge on any atom is -0.477 e. The molecule has 2 unspecified atom stereocenters. The molecule has 0 aromatic carbocycles. The maximum atomic E-state index is 13.1. The number of rotatable bonds is 10. The highest BCUT2D eigenvalue weighted by molar-refractivity contribution is 8.02. The van der Waals surface area contributed by atoms with Gasteiger partial charge >= 0.3 is 5.97 Å². The minimum absolute atomic E-state index is 0.0331. The Hall–Kier alpha value is -3.76. The Kier molecular flexibility index (Phi) is 8.46. The summed E-state index contributed by atoms with van der Waals surface area (Å²) >= 11 is 3.56. The number of anilines is 1. The standard InChI is InChI=1S/C24H24N8O5S3/c1-2-8-37-30-16(19-27-24(25)40-31-19)20(33)26-17-21(34)32-18(23(35)36)13(11-39-22(17)32)7-9-38-15-10-12-5-3-4-6-14(12)28-29-15/h2,7,9-10,17,22H,1,3-6,8,11H2,(H,26,33)(H,35,36)(H2,25,27,31)/b9-7+,30-16+. The van der Waals surface area contributed by atoms with Crippen LogP contribution in [0.2, 0.25) is 0 Å². The summed E-state index contributed by atoms with van der Waals surface area (Å²) in [5.74, 6) is -2.27. The topological polar surface area (TPSA) is 186 Å². The van der Waals surface area contributed by atoms with Gasteiger partial charge in [-0.1, -0.05) is 29.6 Å². The summed E-state index contributed by atoms with van der Waals surface area (Å²) in [6.45, 7) is 3.55. The molecule has 0 spiro atoms. The number of carbonyl (C=O) groups excluding carboxylic acids is 2. The molecule has 2 aromatic heterocycles. The van der Waals surface area contributed by atoms with Crippen molar-refractivity contribution in [1.82, 2.24) is 29.8 Å². The predicted octanol–water partition coefficient (Wildman–Crippen LogP) is 1.74. The van der Waals surface area contributed by atoms with E-state index >= 15 is 0 Å². The number of aryl methyl sites for hydroxylation is 2. The number of allylic oxidation sites excluding steroid dienone is 1. The Morgan fingerprint density at radius 1 is 1.35 bits per heavy atom. The molecule has 0 bridgehead atoms. The number of oxime groups is 1. The second-order valence-corrected chi connectivity index (χ2v) is 11.6. The number of nitrogens with two attached hydrogens (primary N) is 1. The van der Waals surface area contributed by atoms with Gasteiger partial charge in [-0.2, -0.15) is 14.5 Å². The summed E-state index contributed by atoms with van der Waals surface area (Å²) in [4.78, 5) is 48.5. The maximum absolute atomic E-state index is 13.1. The fourth-order valence-electron chi connectivity index (χ4n) is 4.36. The Labute approximate surface area is 241 Å². The lowest BCUT2D eigenvalue weighted by Crippen LogP contribution is -2.71. The summed E-state index contributed by atoms with van der Waals surface area (Å²) in [7, 11) is 0. The monoisotopic (exact) mass is 600 g/mol. The third kappa shape index (κ3) is 5.73. The zero-order valence-electron chi connectivity index (χ0n) is 21.0. The van der Waals surface area contributed by atoms with E-state index in [-0.39, 0.29) is 29.0 Å². The average Bonchev–Trinajstić information content (AvgIpc) is 3.38. The lowest BCUT2D eigenvalue weighted by Gasteiger charge is -2.49. The van der Waals surface area contributed by atoms with Crippen LogP contribution in [-0.4, -0.2) is 76.8 Å². The van der Waals surface area contributed by atoms with Gasteiger partial charge in [-0.3, -0.25) is 14.5 Å². The van der Waals surface area contributed by atoms with E-state index in [2.05, 4.69) is 36.6 Å². The molecule has 5 rings (SSSR count). The van der Waals surface area contributed by atoms with Crippen molar-refractivity contribution in [3.8, 4) is 0 Å². The quantitative estimate of drug-likeness (QED) is 0.0897. The van der Waals surface area contributed by atoms with Crippen LogP contribution < -0.4 is 11.1 Å².